The van der Waals surface area contributed by atoms with E-state index in [1.54, 1.807) is 17.0 Å². The van der Waals surface area contributed by atoms with Crippen LogP contribution in [0.2, 0.25) is 0 Å². The number of anilines is 1. The zero-order chi connectivity index (χ0) is 20.5. The van der Waals surface area contributed by atoms with Crippen LogP contribution in [0.15, 0.2) is 40.8 Å². The predicted octanol–water partition coefficient (Wildman–Crippen LogP) is 1.31. The van der Waals surface area contributed by atoms with Gasteiger partial charge in [-0.2, -0.15) is 0 Å². The van der Waals surface area contributed by atoms with Gasteiger partial charge in [0.1, 0.15) is 10.7 Å². The van der Waals surface area contributed by atoms with Crippen LogP contribution in [0.3, 0.4) is 0 Å². The number of carbonyl (C=O) groups excluding carboxylic acids is 2. The standard InChI is InChI=1S/C19H20N4O6/c24-15-4-2-1-3-14(15)20-7-9-21(10-8-20)18(25)13-11-22(12-13)19(26)16-5-6-17(29-16)23(27)28/h1-6,13,24H,7-12H2. The zero-order valence-corrected chi connectivity index (χ0v) is 15.6. The van der Waals surface area contributed by atoms with Gasteiger partial charge >= 0.3 is 5.88 Å². The first-order valence-corrected chi connectivity index (χ1v) is 9.29. The molecule has 0 saturated carbocycles. The number of phenolic OH excluding ortho intramolecular Hbond substituents is 1. The number of likely N-dealkylation sites (tertiary alicyclic amines) is 1. The van der Waals surface area contributed by atoms with Crippen LogP contribution in [-0.4, -0.2) is 70.9 Å². The fraction of sp³-hybridized carbons (Fsp3) is 0.368. The van der Waals surface area contributed by atoms with Gasteiger partial charge < -0.3 is 24.2 Å². The van der Waals surface area contributed by atoms with E-state index >= 15 is 0 Å². The molecule has 0 radical (unpaired) electrons. The number of hydrogen-bond donors (Lipinski definition) is 1. The normalized spacial score (nSPS) is 17.2. The summed E-state index contributed by atoms with van der Waals surface area (Å²) in [5.74, 6) is -1.09. The smallest absolute Gasteiger partial charge is 0.433 e. The molecule has 0 bridgehead atoms. The van der Waals surface area contributed by atoms with Crippen molar-refractivity contribution < 1.29 is 24.0 Å². The molecule has 0 atom stereocenters. The number of nitro groups is 1. The summed E-state index contributed by atoms with van der Waals surface area (Å²) in [6.07, 6.45) is 0. The van der Waals surface area contributed by atoms with Crippen LogP contribution >= 0.6 is 0 Å². The first-order chi connectivity index (χ1) is 13.9. The van der Waals surface area contributed by atoms with Crippen molar-refractivity contribution in [1.82, 2.24) is 9.80 Å². The fourth-order valence-electron chi connectivity index (χ4n) is 3.65. The SMILES string of the molecule is O=C(c1ccc([N+](=O)[O-])o1)N1CC(C(=O)N2CCN(c3ccccc3O)CC2)C1. The molecule has 1 aromatic heterocycles. The van der Waals surface area contributed by atoms with Crippen LogP contribution < -0.4 is 4.90 Å². The molecular formula is C19H20N4O6. The molecule has 0 spiro atoms. The molecule has 0 unspecified atom stereocenters. The van der Waals surface area contributed by atoms with E-state index in [1.165, 1.54) is 11.0 Å². The van der Waals surface area contributed by atoms with Crippen molar-refractivity contribution in [3.8, 4) is 5.75 Å². The van der Waals surface area contributed by atoms with Gasteiger partial charge in [-0.1, -0.05) is 12.1 Å². The summed E-state index contributed by atoms with van der Waals surface area (Å²) < 4.78 is 4.93. The van der Waals surface area contributed by atoms with Gasteiger partial charge in [0.2, 0.25) is 5.91 Å². The Kier molecular flexibility index (Phi) is 4.83. The number of rotatable bonds is 4. The van der Waals surface area contributed by atoms with Crippen LogP contribution in [0.25, 0.3) is 0 Å². The Morgan fingerprint density at radius 1 is 1.03 bits per heavy atom. The highest BCUT2D eigenvalue weighted by molar-refractivity contribution is 5.94. The van der Waals surface area contributed by atoms with E-state index in [2.05, 4.69) is 0 Å². The number of nitrogens with zero attached hydrogens (tertiary/aromatic N) is 4. The summed E-state index contributed by atoms with van der Waals surface area (Å²) >= 11 is 0. The summed E-state index contributed by atoms with van der Waals surface area (Å²) in [5, 5.41) is 20.6. The Morgan fingerprint density at radius 3 is 2.34 bits per heavy atom. The second-order valence-corrected chi connectivity index (χ2v) is 7.10. The Morgan fingerprint density at radius 2 is 1.72 bits per heavy atom. The summed E-state index contributed by atoms with van der Waals surface area (Å²) in [6, 6.07) is 9.53. The van der Waals surface area contributed by atoms with Crippen LogP contribution in [0.4, 0.5) is 11.6 Å². The van der Waals surface area contributed by atoms with Crippen molar-refractivity contribution >= 4 is 23.4 Å². The third-order valence-corrected chi connectivity index (χ3v) is 5.31. The van der Waals surface area contributed by atoms with Gasteiger partial charge in [-0.05, 0) is 18.2 Å². The number of amides is 2. The Balaban J connectivity index is 1.28. The summed E-state index contributed by atoms with van der Waals surface area (Å²) in [6.45, 7) is 2.87. The Labute approximate surface area is 166 Å². The monoisotopic (exact) mass is 400 g/mol. The number of aromatic hydroxyl groups is 1. The third kappa shape index (κ3) is 3.60. The van der Waals surface area contributed by atoms with Gasteiger partial charge in [0, 0.05) is 39.3 Å². The number of benzene rings is 1. The Hall–Kier alpha value is -3.56. The van der Waals surface area contributed by atoms with E-state index in [9.17, 15) is 24.8 Å². The maximum Gasteiger partial charge on any atom is 0.433 e. The maximum absolute atomic E-state index is 12.7. The molecule has 0 aliphatic carbocycles. The van der Waals surface area contributed by atoms with Gasteiger partial charge in [0.25, 0.3) is 5.91 Å². The highest BCUT2D eigenvalue weighted by Gasteiger charge is 2.40. The lowest BCUT2D eigenvalue weighted by Crippen LogP contribution is -2.59. The number of hydrogen-bond acceptors (Lipinski definition) is 7. The molecule has 2 amide bonds. The fourth-order valence-corrected chi connectivity index (χ4v) is 3.65. The minimum absolute atomic E-state index is 0.00332. The molecule has 152 valence electrons. The van der Waals surface area contributed by atoms with Crippen LogP contribution in [0.1, 0.15) is 10.6 Å². The predicted molar refractivity (Wildman–Crippen MR) is 102 cm³/mol. The molecule has 4 rings (SSSR count). The molecule has 2 saturated heterocycles. The topological polar surface area (TPSA) is 120 Å². The first kappa shape index (κ1) is 18.8. The molecule has 10 heteroatoms. The molecular weight excluding hydrogens is 380 g/mol. The van der Waals surface area contributed by atoms with Gasteiger partial charge in [-0.25, -0.2) is 0 Å². The average Bonchev–Trinajstić information content (AvgIpc) is 3.18. The van der Waals surface area contributed by atoms with E-state index < -0.39 is 16.7 Å². The summed E-state index contributed by atoms with van der Waals surface area (Å²) in [7, 11) is 0. The Bertz CT molecular complexity index is 944. The molecule has 29 heavy (non-hydrogen) atoms. The quantitative estimate of drug-likeness (QED) is 0.607. The lowest BCUT2D eigenvalue weighted by molar-refractivity contribution is -0.402. The number of carbonyl (C=O) groups is 2. The van der Waals surface area contributed by atoms with Crippen LogP contribution in [0.5, 0.6) is 5.75 Å². The van der Waals surface area contributed by atoms with E-state index in [1.807, 2.05) is 17.0 Å². The van der Waals surface area contributed by atoms with Gasteiger partial charge in [0.15, 0.2) is 5.76 Å². The van der Waals surface area contributed by atoms with Crippen molar-refractivity contribution in [2.24, 2.45) is 5.92 Å². The second-order valence-electron chi connectivity index (χ2n) is 7.10. The van der Waals surface area contributed by atoms with Crippen molar-refractivity contribution in [2.75, 3.05) is 44.2 Å². The lowest BCUT2D eigenvalue weighted by Gasteiger charge is -2.42. The number of para-hydroxylation sites is 2. The number of piperazine rings is 1. The van der Waals surface area contributed by atoms with E-state index in [0.29, 0.717) is 26.2 Å². The molecule has 10 nitrogen and oxygen atoms in total. The van der Waals surface area contributed by atoms with Gasteiger partial charge in [0.05, 0.1) is 17.7 Å². The van der Waals surface area contributed by atoms with E-state index in [4.69, 9.17) is 4.42 Å². The molecule has 1 aromatic carbocycles. The number of furan rings is 1. The van der Waals surface area contributed by atoms with Crippen LogP contribution in [-0.2, 0) is 4.79 Å². The zero-order valence-electron chi connectivity index (χ0n) is 15.6. The molecule has 2 aromatic rings. The van der Waals surface area contributed by atoms with Crippen molar-refractivity contribution in [3.63, 3.8) is 0 Å². The lowest BCUT2D eigenvalue weighted by atomic mass is 9.97. The van der Waals surface area contributed by atoms with Gasteiger partial charge in [-0.15, -0.1) is 0 Å². The van der Waals surface area contributed by atoms with Gasteiger partial charge in [-0.3, -0.25) is 19.7 Å². The van der Waals surface area contributed by atoms with Crippen LogP contribution in [0, 0.1) is 16.0 Å². The van der Waals surface area contributed by atoms with E-state index in [0.717, 1.165) is 11.8 Å². The highest BCUT2D eigenvalue weighted by Crippen LogP contribution is 2.28. The summed E-state index contributed by atoms with van der Waals surface area (Å²) in [4.78, 5) is 40.2. The molecule has 2 aliphatic heterocycles. The average molecular weight is 400 g/mol. The minimum Gasteiger partial charge on any atom is -0.506 e. The third-order valence-electron chi connectivity index (χ3n) is 5.31. The molecule has 2 fully saturated rings. The van der Waals surface area contributed by atoms with Crippen molar-refractivity contribution in [2.45, 2.75) is 0 Å². The van der Waals surface area contributed by atoms with Crippen molar-refractivity contribution in [1.29, 1.82) is 0 Å². The second kappa shape index (κ2) is 7.46. The number of phenols is 1. The van der Waals surface area contributed by atoms with E-state index in [-0.39, 0.29) is 36.4 Å². The first-order valence-electron chi connectivity index (χ1n) is 9.29. The maximum atomic E-state index is 12.7. The minimum atomic E-state index is -0.700. The molecule has 2 aliphatic rings. The highest BCUT2D eigenvalue weighted by atomic mass is 16.6. The summed E-state index contributed by atoms with van der Waals surface area (Å²) in [5.41, 5.74) is 0.757. The largest absolute Gasteiger partial charge is 0.506 e. The van der Waals surface area contributed by atoms with Crippen molar-refractivity contribution in [3.05, 3.63) is 52.3 Å². The molecule has 1 N–H and O–H groups in total. The molecule has 3 heterocycles.